The topological polar surface area (TPSA) is 35.5 Å². The second kappa shape index (κ2) is 8.19. The third-order valence-corrected chi connectivity index (χ3v) is 4.07. The molecule has 1 aliphatic rings. The largest absolute Gasteiger partial charge is 0.492 e. The number of ether oxygens (including phenoxy) is 2. The minimum absolute atomic E-state index is 0.0656. The molecule has 0 radical (unpaired) electrons. The van der Waals surface area contributed by atoms with Crippen molar-refractivity contribution < 1.29 is 14.3 Å². The normalized spacial score (nSPS) is 16.7. The fourth-order valence-electron chi connectivity index (χ4n) is 2.73. The Morgan fingerprint density at radius 2 is 2.08 bits per heavy atom. The fraction of sp³-hybridized carbons (Fsp3) is 0.409. The Labute approximate surface area is 151 Å². The molecular weight excluding hydrogens is 312 g/mol. The molecule has 25 heavy (non-hydrogen) atoms. The molecular formula is C22H28O3. The lowest BCUT2D eigenvalue weighted by Gasteiger charge is -2.18. The number of allylic oxidation sites excluding steroid dienone is 4. The van der Waals surface area contributed by atoms with Crippen LogP contribution in [-0.4, -0.2) is 19.2 Å². The lowest BCUT2D eigenvalue weighted by Crippen LogP contribution is -2.17. The van der Waals surface area contributed by atoms with Crippen molar-refractivity contribution in [3.05, 3.63) is 59.2 Å². The highest BCUT2D eigenvalue weighted by Crippen LogP contribution is 2.36. The predicted octanol–water partition coefficient (Wildman–Crippen LogP) is 5.12. The van der Waals surface area contributed by atoms with Crippen molar-refractivity contribution in [1.29, 1.82) is 0 Å². The Balaban J connectivity index is 2.38. The van der Waals surface area contributed by atoms with Crippen LogP contribution in [0.2, 0.25) is 0 Å². The molecule has 0 amide bonds. The van der Waals surface area contributed by atoms with Crippen LogP contribution in [-0.2, 0) is 16.0 Å². The highest BCUT2D eigenvalue weighted by molar-refractivity contribution is 5.84. The Morgan fingerprint density at radius 1 is 1.32 bits per heavy atom. The number of aryl methyl sites for hydroxylation is 1. The van der Waals surface area contributed by atoms with Crippen molar-refractivity contribution in [1.82, 2.24) is 0 Å². The second-order valence-electron chi connectivity index (χ2n) is 7.03. The number of hydrogen-bond acceptors (Lipinski definition) is 3. The summed E-state index contributed by atoms with van der Waals surface area (Å²) in [6.07, 6.45) is 8.75. The molecule has 0 saturated heterocycles. The zero-order valence-electron chi connectivity index (χ0n) is 15.9. The molecule has 0 atom stereocenters. The monoisotopic (exact) mass is 340 g/mol. The molecule has 0 saturated carbocycles. The summed E-state index contributed by atoms with van der Waals surface area (Å²) in [6.45, 7) is 11.2. The van der Waals surface area contributed by atoms with E-state index in [0.717, 1.165) is 28.9 Å². The van der Waals surface area contributed by atoms with Gasteiger partial charge in [-0.15, -0.1) is 0 Å². The number of carbonyl (C=O) groups is 1. The summed E-state index contributed by atoms with van der Waals surface area (Å²) in [6, 6.07) is 6.36. The maximum Gasteiger partial charge on any atom is 0.330 e. The van der Waals surface area contributed by atoms with Gasteiger partial charge in [-0.05, 0) is 49.1 Å². The third kappa shape index (κ3) is 5.35. The summed E-state index contributed by atoms with van der Waals surface area (Å²) in [5.74, 6) is 0.600. The molecule has 0 spiro atoms. The lowest BCUT2D eigenvalue weighted by atomic mass is 9.89. The van der Waals surface area contributed by atoms with Crippen molar-refractivity contribution in [2.75, 3.05) is 13.2 Å². The summed E-state index contributed by atoms with van der Waals surface area (Å²) in [5.41, 5.74) is 4.29. The summed E-state index contributed by atoms with van der Waals surface area (Å²) >= 11 is 0. The molecule has 1 heterocycles. The van der Waals surface area contributed by atoms with Gasteiger partial charge in [-0.25, -0.2) is 4.79 Å². The number of rotatable bonds is 5. The summed E-state index contributed by atoms with van der Waals surface area (Å²) in [4.78, 5) is 11.6. The molecule has 3 heteroatoms. The highest BCUT2D eigenvalue weighted by atomic mass is 16.5. The third-order valence-electron chi connectivity index (χ3n) is 4.07. The van der Waals surface area contributed by atoms with Gasteiger partial charge in [-0.1, -0.05) is 45.1 Å². The van der Waals surface area contributed by atoms with Crippen molar-refractivity contribution >= 4 is 11.5 Å². The summed E-state index contributed by atoms with van der Waals surface area (Å²) in [7, 11) is 0. The van der Waals surface area contributed by atoms with Gasteiger partial charge in [0.1, 0.15) is 5.75 Å². The number of carbonyl (C=O) groups excluding carboxylic acids is 1. The summed E-state index contributed by atoms with van der Waals surface area (Å²) in [5, 5.41) is 0. The Kier molecular flexibility index (Phi) is 6.24. The van der Waals surface area contributed by atoms with Gasteiger partial charge in [-0.2, -0.15) is 0 Å². The van der Waals surface area contributed by atoms with Gasteiger partial charge in [0.15, 0.2) is 0 Å². The molecule has 1 aromatic rings. The second-order valence-corrected chi connectivity index (χ2v) is 7.03. The van der Waals surface area contributed by atoms with Gasteiger partial charge >= 0.3 is 5.97 Å². The molecule has 0 aliphatic carbocycles. The Bertz CT molecular complexity index is 721. The van der Waals surface area contributed by atoms with Gasteiger partial charge < -0.3 is 9.47 Å². The van der Waals surface area contributed by atoms with E-state index in [1.807, 2.05) is 13.0 Å². The van der Waals surface area contributed by atoms with Crippen LogP contribution in [0.4, 0.5) is 0 Å². The standard InChI is InChI=1S/C22H28O3/c1-6-17-9-11-20-19(13-17)18(14-22(4,5)15-25-20)10-8-16(3)12-21(23)24-7-2/h8-14H,6-7,15H2,1-5H3/b10-8+,16-12+. The molecule has 0 bridgehead atoms. The molecule has 1 aliphatic heterocycles. The van der Waals surface area contributed by atoms with Crippen LogP contribution in [0.15, 0.2) is 48.1 Å². The average Bonchev–Trinajstić information content (AvgIpc) is 2.69. The van der Waals surface area contributed by atoms with Gasteiger partial charge in [-0.3, -0.25) is 0 Å². The zero-order chi connectivity index (χ0) is 18.4. The molecule has 1 aromatic carbocycles. The van der Waals surface area contributed by atoms with E-state index in [2.05, 4.69) is 51.1 Å². The first-order valence-corrected chi connectivity index (χ1v) is 8.86. The van der Waals surface area contributed by atoms with Crippen molar-refractivity contribution in [2.45, 2.75) is 41.0 Å². The number of benzene rings is 1. The SMILES string of the molecule is CCOC(=O)/C=C(C)/C=C/C1=CC(C)(C)COc2ccc(CC)cc21. The highest BCUT2D eigenvalue weighted by Gasteiger charge is 2.23. The Hall–Kier alpha value is -2.29. The van der Waals surface area contributed by atoms with E-state index >= 15 is 0 Å². The van der Waals surface area contributed by atoms with Crippen LogP contribution in [0, 0.1) is 5.41 Å². The van der Waals surface area contributed by atoms with E-state index in [0.29, 0.717) is 13.2 Å². The van der Waals surface area contributed by atoms with E-state index in [1.165, 1.54) is 11.6 Å². The first kappa shape index (κ1) is 19.0. The molecule has 0 unspecified atom stereocenters. The number of hydrogen-bond donors (Lipinski definition) is 0. The van der Waals surface area contributed by atoms with E-state index in [9.17, 15) is 4.79 Å². The lowest BCUT2D eigenvalue weighted by molar-refractivity contribution is -0.137. The zero-order valence-corrected chi connectivity index (χ0v) is 15.9. The minimum atomic E-state index is -0.308. The molecule has 0 aromatic heterocycles. The number of esters is 1. The first-order chi connectivity index (χ1) is 11.8. The van der Waals surface area contributed by atoms with Gasteiger partial charge in [0.25, 0.3) is 0 Å². The van der Waals surface area contributed by atoms with Gasteiger partial charge in [0, 0.05) is 17.1 Å². The van der Waals surface area contributed by atoms with Gasteiger partial charge in [0.05, 0.1) is 13.2 Å². The van der Waals surface area contributed by atoms with Gasteiger partial charge in [0.2, 0.25) is 0 Å². The van der Waals surface area contributed by atoms with E-state index in [-0.39, 0.29) is 11.4 Å². The maximum absolute atomic E-state index is 11.6. The first-order valence-electron chi connectivity index (χ1n) is 8.86. The summed E-state index contributed by atoms with van der Waals surface area (Å²) < 4.78 is 11.0. The fourth-order valence-corrected chi connectivity index (χ4v) is 2.73. The molecule has 3 nitrogen and oxygen atoms in total. The number of fused-ring (bicyclic) bond motifs is 1. The van der Waals surface area contributed by atoms with Crippen LogP contribution in [0.1, 0.15) is 45.7 Å². The van der Waals surface area contributed by atoms with E-state index in [4.69, 9.17) is 9.47 Å². The van der Waals surface area contributed by atoms with Crippen molar-refractivity contribution in [2.24, 2.45) is 5.41 Å². The minimum Gasteiger partial charge on any atom is -0.492 e. The van der Waals surface area contributed by atoms with Crippen LogP contribution in [0.25, 0.3) is 5.57 Å². The molecule has 2 rings (SSSR count). The van der Waals surface area contributed by atoms with Crippen molar-refractivity contribution in [3.8, 4) is 5.75 Å². The van der Waals surface area contributed by atoms with Crippen molar-refractivity contribution in [3.63, 3.8) is 0 Å². The quantitative estimate of drug-likeness (QED) is 0.424. The maximum atomic E-state index is 11.6. The van der Waals surface area contributed by atoms with Crippen LogP contribution in [0.5, 0.6) is 5.75 Å². The average molecular weight is 340 g/mol. The molecule has 0 N–H and O–H groups in total. The van der Waals surface area contributed by atoms with E-state index in [1.54, 1.807) is 6.92 Å². The Morgan fingerprint density at radius 3 is 2.76 bits per heavy atom. The molecule has 0 fully saturated rings. The van der Waals surface area contributed by atoms with E-state index < -0.39 is 0 Å². The van der Waals surface area contributed by atoms with Crippen LogP contribution in [0.3, 0.4) is 0 Å². The van der Waals surface area contributed by atoms with Crippen LogP contribution >= 0.6 is 0 Å². The smallest absolute Gasteiger partial charge is 0.330 e. The van der Waals surface area contributed by atoms with Crippen LogP contribution < -0.4 is 4.74 Å². The predicted molar refractivity (Wildman–Crippen MR) is 103 cm³/mol. The molecule has 134 valence electrons.